The average molecular weight is 373 g/mol. The van der Waals surface area contributed by atoms with E-state index in [1.807, 2.05) is 19.2 Å². The normalized spacial score (nSPS) is 13.1. The predicted octanol–water partition coefficient (Wildman–Crippen LogP) is 3.00. The Morgan fingerprint density at radius 1 is 1.39 bits per heavy atom. The Morgan fingerprint density at radius 3 is 2.83 bits per heavy atom. The van der Waals surface area contributed by atoms with E-state index in [0.717, 1.165) is 29.4 Å². The van der Waals surface area contributed by atoms with Crippen LogP contribution in [0.3, 0.4) is 0 Å². The first-order valence-electron chi connectivity index (χ1n) is 7.45. The molecule has 1 atom stereocenters. The Morgan fingerprint density at radius 2 is 2.22 bits per heavy atom. The number of thiazole rings is 1. The van der Waals surface area contributed by atoms with Gasteiger partial charge in [0.1, 0.15) is 6.10 Å². The van der Waals surface area contributed by atoms with Crippen molar-refractivity contribution in [2.24, 2.45) is 4.99 Å². The fourth-order valence-corrected chi connectivity index (χ4v) is 3.75. The third-order valence-electron chi connectivity index (χ3n) is 2.99. The fourth-order valence-electron chi connectivity index (χ4n) is 1.92. The maximum atomic E-state index is 10.1. The lowest BCUT2D eigenvalue weighted by molar-refractivity contribution is 0.191. The highest BCUT2D eigenvalue weighted by Crippen LogP contribution is 2.26. The van der Waals surface area contributed by atoms with Crippen LogP contribution < -0.4 is 10.6 Å². The van der Waals surface area contributed by atoms with Gasteiger partial charge < -0.3 is 15.7 Å². The zero-order chi connectivity index (χ0) is 16.7. The smallest absolute Gasteiger partial charge is 0.191 e. The van der Waals surface area contributed by atoms with E-state index in [4.69, 9.17) is 11.6 Å². The highest BCUT2D eigenvalue weighted by molar-refractivity contribution is 7.16. The van der Waals surface area contributed by atoms with E-state index in [1.165, 1.54) is 16.2 Å². The summed E-state index contributed by atoms with van der Waals surface area (Å²) in [5.41, 5.74) is 0. The zero-order valence-corrected chi connectivity index (χ0v) is 15.6. The molecule has 3 N–H and O–H groups in total. The third kappa shape index (κ3) is 6.10. The van der Waals surface area contributed by atoms with Crippen molar-refractivity contribution in [1.29, 1.82) is 0 Å². The second-order valence-electron chi connectivity index (χ2n) is 4.92. The number of rotatable bonds is 7. The van der Waals surface area contributed by atoms with E-state index in [-0.39, 0.29) is 0 Å². The Balaban J connectivity index is 1.84. The molecular formula is C15H21ClN4OS2. The van der Waals surface area contributed by atoms with Crippen LogP contribution in [0.5, 0.6) is 0 Å². The van der Waals surface area contributed by atoms with E-state index >= 15 is 0 Å². The molecule has 0 bridgehead atoms. The summed E-state index contributed by atoms with van der Waals surface area (Å²) in [5, 5.41) is 17.7. The molecule has 0 spiro atoms. The summed E-state index contributed by atoms with van der Waals surface area (Å²) in [7, 11) is 0. The van der Waals surface area contributed by atoms with Gasteiger partial charge in [-0.3, -0.25) is 4.99 Å². The van der Waals surface area contributed by atoms with Crippen LogP contribution in [0.1, 0.15) is 27.8 Å². The van der Waals surface area contributed by atoms with Crippen LogP contribution in [0.25, 0.3) is 0 Å². The van der Waals surface area contributed by atoms with Crippen LogP contribution in [-0.2, 0) is 6.42 Å². The van der Waals surface area contributed by atoms with Crippen molar-refractivity contribution >= 4 is 40.2 Å². The molecular weight excluding hydrogens is 352 g/mol. The second-order valence-corrected chi connectivity index (χ2v) is 7.98. The van der Waals surface area contributed by atoms with Gasteiger partial charge in [-0.15, -0.1) is 22.7 Å². The van der Waals surface area contributed by atoms with Crippen molar-refractivity contribution in [3.05, 3.63) is 37.4 Å². The molecule has 0 aliphatic carbocycles. The monoisotopic (exact) mass is 372 g/mol. The van der Waals surface area contributed by atoms with Gasteiger partial charge in [0.2, 0.25) is 0 Å². The molecule has 8 heteroatoms. The quantitative estimate of drug-likeness (QED) is 0.516. The largest absolute Gasteiger partial charge is 0.386 e. The predicted molar refractivity (Wildman–Crippen MR) is 98.8 cm³/mol. The molecule has 126 valence electrons. The number of halogens is 1. The second kappa shape index (κ2) is 9.22. The van der Waals surface area contributed by atoms with Gasteiger partial charge in [0.15, 0.2) is 5.96 Å². The number of aliphatic hydroxyl groups is 1. The minimum Gasteiger partial charge on any atom is -0.386 e. The maximum Gasteiger partial charge on any atom is 0.191 e. The highest BCUT2D eigenvalue weighted by atomic mass is 35.5. The lowest BCUT2D eigenvalue weighted by atomic mass is 10.3. The Hall–Kier alpha value is -1.15. The lowest BCUT2D eigenvalue weighted by Gasteiger charge is -2.12. The Kier molecular flexibility index (Phi) is 7.29. The number of nitrogens with one attached hydrogen (secondary N) is 2. The SMILES string of the molecule is CCNC(=NCC(O)c1ccc(Cl)s1)NCCc1ncc(C)s1. The zero-order valence-electron chi connectivity index (χ0n) is 13.2. The molecule has 0 radical (unpaired) electrons. The van der Waals surface area contributed by atoms with Crippen LogP contribution in [0.15, 0.2) is 23.3 Å². The summed E-state index contributed by atoms with van der Waals surface area (Å²) in [5.74, 6) is 0.697. The fraction of sp³-hybridized carbons (Fsp3) is 0.467. The molecule has 0 aliphatic rings. The Bertz CT molecular complexity index is 641. The molecule has 2 rings (SSSR count). The lowest BCUT2D eigenvalue weighted by Crippen LogP contribution is -2.38. The molecule has 2 aromatic rings. The van der Waals surface area contributed by atoms with Crippen LogP contribution in [-0.4, -0.2) is 35.7 Å². The van der Waals surface area contributed by atoms with Crippen LogP contribution in [0.4, 0.5) is 0 Å². The Labute approximate surface area is 149 Å². The van der Waals surface area contributed by atoms with Crippen molar-refractivity contribution in [1.82, 2.24) is 15.6 Å². The third-order valence-corrected chi connectivity index (χ3v) is 5.29. The molecule has 0 fully saturated rings. The number of hydrogen-bond acceptors (Lipinski definition) is 5. The molecule has 0 amide bonds. The van der Waals surface area contributed by atoms with E-state index in [0.29, 0.717) is 16.8 Å². The number of aryl methyl sites for hydroxylation is 1. The van der Waals surface area contributed by atoms with E-state index in [2.05, 4.69) is 27.5 Å². The van der Waals surface area contributed by atoms with Crippen molar-refractivity contribution < 1.29 is 5.11 Å². The van der Waals surface area contributed by atoms with Gasteiger partial charge in [-0.1, -0.05) is 11.6 Å². The number of aliphatic hydroxyl groups excluding tert-OH is 1. The van der Waals surface area contributed by atoms with Crippen molar-refractivity contribution in [2.45, 2.75) is 26.4 Å². The molecule has 5 nitrogen and oxygen atoms in total. The maximum absolute atomic E-state index is 10.1. The van der Waals surface area contributed by atoms with Crippen LogP contribution >= 0.6 is 34.3 Å². The molecule has 0 aliphatic heterocycles. The average Bonchev–Trinajstić information content (AvgIpc) is 3.13. The minimum absolute atomic E-state index is 0.294. The van der Waals surface area contributed by atoms with Crippen LogP contribution in [0, 0.1) is 6.92 Å². The molecule has 2 heterocycles. The van der Waals surface area contributed by atoms with Gasteiger partial charge in [-0.2, -0.15) is 0 Å². The molecule has 2 aromatic heterocycles. The topological polar surface area (TPSA) is 69.5 Å². The first-order chi connectivity index (χ1) is 11.1. The number of aliphatic imine (C=N–C) groups is 1. The number of hydrogen-bond donors (Lipinski definition) is 3. The van der Waals surface area contributed by atoms with Crippen molar-refractivity contribution in [2.75, 3.05) is 19.6 Å². The number of nitrogens with zero attached hydrogens (tertiary/aromatic N) is 2. The summed E-state index contributed by atoms with van der Waals surface area (Å²) in [4.78, 5) is 10.8. The van der Waals surface area contributed by atoms with Gasteiger partial charge in [-0.05, 0) is 26.0 Å². The van der Waals surface area contributed by atoms with E-state index in [1.54, 1.807) is 17.4 Å². The van der Waals surface area contributed by atoms with Gasteiger partial charge in [-0.25, -0.2) is 4.98 Å². The molecule has 0 aromatic carbocycles. The molecule has 0 saturated carbocycles. The number of guanidine groups is 1. The first-order valence-corrected chi connectivity index (χ1v) is 9.46. The molecule has 23 heavy (non-hydrogen) atoms. The van der Waals surface area contributed by atoms with Gasteiger partial charge in [0.05, 0.1) is 15.9 Å². The number of thiophene rings is 1. The van der Waals surface area contributed by atoms with Crippen LogP contribution in [0.2, 0.25) is 4.34 Å². The summed E-state index contributed by atoms with van der Waals surface area (Å²) in [6.45, 7) is 5.88. The minimum atomic E-state index is -0.635. The van der Waals surface area contributed by atoms with E-state index < -0.39 is 6.10 Å². The highest BCUT2D eigenvalue weighted by Gasteiger charge is 2.10. The molecule has 0 saturated heterocycles. The van der Waals surface area contributed by atoms with Gasteiger partial charge >= 0.3 is 0 Å². The summed E-state index contributed by atoms with van der Waals surface area (Å²) in [6, 6.07) is 3.62. The van der Waals surface area contributed by atoms with Gasteiger partial charge in [0, 0.05) is 35.5 Å². The van der Waals surface area contributed by atoms with E-state index in [9.17, 15) is 5.11 Å². The van der Waals surface area contributed by atoms with Gasteiger partial charge in [0.25, 0.3) is 0 Å². The van der Waals surface area contributed by atoms with Crippen molar-refractivity contribution in [3.8, 4) is 0 Å². The standard InChI is InChI=1S/C15H21ClN4OS2/c1-3-17-15(18-7-6-14-19-8-10(2)22-14)20-9-11(21)12-4-5-13(16)23-12/h4-5,8,11,21H,3,6-7,9H2,1-2H3,(H2,17,18,20). The van der Waals surface area contributed by atoms with Crippen molar-refractivity contribution in [3.63, 3.8) is 0 Å². The number of aromatic nitrogens is 1. The summed E-state index contributed by atoms with van der Waals surface area (Å²) in [6.07, 6.45) is 2.11. The summed E-state index contributed by atoms with van der Waals surface area (Å²) < 4.78 is 0.673. The summed E-state index contributed by atoms with van der Waals surface area (Å²) >= 11 is 8.97. The first kappa shape index (κ1) is 18.2. The molecule has 1 unspecified atom stereocenters.